The molecule has 0 spiro atoms. The van der Waals surface area contributed by atoms with Gasteiger partial charge in [-0.05, 0) is 43.3 Å². The number of hydrogen-bond acceptors (Lipinski definition) is 5. The first-order chi connectivity index (χ1) is 13.7. The molecular formula is C21H17ClN4O2. The standard InChI is InChI=1S/C21H17ClN4O2/c1-2-28-14-9-7-13(8-10-14)24-21-25-19-18(20(27)26-21)16(11-12-23-19)15-5-3-4-6-17(15)22/h3-12H,2H2,1H3,(H2,23,24,25,26,27). The minimum absolute atomic E-state index is 0.290. The maximum Gasteiger partial charge on any atom is 0.262 e. The lowest BCUT2D eigenvalue weighted by atomic mass is 10.0. The Balaban J connectivity index is 1.73. The first kappa shape index (κ1) is 18.0. The molecule has 0 radical (unpaired) electrons. The lowest BCUT2D eigenvalue weighted by Gasteiger charge is -2.10. The number of aromatic nitrogens is 3. The van der Waals surface area contributed by atoms with Gasteiger partial charge in [-0.15, -0.1) is 0 Å². The summed E-state index contributed by atoms with van der Waals surface area (Å²) in [5.41, 5.74) is 2.28. The SMILES string of the molecule is CCOc1ccc(Nc2nc3nccc(-c4ccccc4Cl)c3c(=O)[nH]2)cc1. The zero-order valence-corrected chi connectivity index (χ0v) is 15.8. The van der Waals surface area contributed by atoms with E-state index in [0.717, 1.165) is 17.0 Å². The molecule has 140 valence electrons. The monoisotopic (exact) mass is 392 g/mol. The van der Waals surface area contributed by atoms with Crippen LogP contribution in [0.5, 0.6) is 5.75 Å². The normalized spacial score (nSPS) is 10.8. The third kappa shape index (κ3) is 3.54. The summed E-state index contributed by atoms with van der Waals surface area (Å²) in [7, 11) is 0. The molecule has 0 saturated carbocycles. The fourth-order valence-corrected chi connectivity index (χ4v) is 3.20. The summed E-state index contributed by atoms with van der Waals surface area (Å²) in [5.74, 6) is 1.09. The first-order valence-electron chi connectivity index (χ1n) is 8.79. The number of ether oxygens (including phenoxy) is 1. The fraction of sp³-hybridized carbons (Fsp3) is 0.0952. The number of nitrogens with zero attached hydrogens (tertiary/aromatic N) is 2. The molecule has 0 bridgehead atoms. The van der Waals surface area contributed by atoms with E-state index in [9.17, 15) is 4.79 Å². The van der Waals surface area contributed by atoms with Gasteiger partial charge in [0, 0.05) is 28.0 Å². The van der Waals surface area contributed by atoms with Crippen molar-refractivity contribution in [3.63, 3.8) is 0 Å². The number of anilines is 2. The Morgan fingerprint density at radius 3 is 2.61 bits per heavy atom. The Bertz CT molecular complexity index is 1190. The third-order valence-electron chi connectivity index (χ3n) is 4.20. The van der Waals surface area contributed by atoms with E-state index in [-0.39, 0.29) is 5.56 Å². The number of aromatic amines is 1. The second-order valence-corrected chi connectivity index (χ2v) is 6.44. The molecule has 0 amide bonds. The lowest BCUT2D eigenvalue weighted by molar-refractivity contribution is 0.340. The van der Waals surface area contributed by atoms with E-state index in [4.69, 9.17) is 16.3 Å². The van der Waals surface area contributed by atoms with Crippen LogP contribution in [-0.4, -0.2) is 21.6 Å². The van der Waals surface area contributed by atoms with Gasteiger partial charge >= 0.3 is 0 Å². The zero-order valence-electron chi connectivity index (χ0n) is 15.1. The van der Waals surface area contributed by atoms with E-state index in [2.05, 4.69) is 20.3 Å². The van der Waals surface area contributed by atoms with E-state index in [1.165, 1.54) is 0 Å². The maximum absolute atomic E-state index is 12.8. The van der Waals surface area contributed by atoms with Gasteiger partial charge in [-0.2, -0.15) is 4.98 Å². The van der Waals surface area contributed by atoms with Crippen LogP contribution in [0, 0.1) is 0 Å². The molecular weight excluding hydrogens is 376 g/mol. The van der Waals surface area contributed by atoms with Crippen molar-refractivity contribution in [2.75, 3.05) is 11.9 Å². The Hall–Kier alpha value is -3.38. The molecule has 28 heavy (non-hydrogen) atoms. The number of fused-ring (bicyclic) bond motifs is 1. The average Bonchev–Trinajstić information content (AvgIpc) is 2.70. The smallest absolute Gasteiger partial charge is 0.262 e. The highest BCUT2D eigenvalue weighted by atomic mass is 35.5. The molecule has 0 aliphatic rings. The van der Waals surface area contributed by atoms with Crippen LogP contribution in [0.1, 0.15) is 6.92 Å². The highest BCUT2D eigenvalue weighted by molar-refractivity contribution is 6.33. The van der Waals surface area contributed by atoms with Gasteiger partial charge in [-0.1, -0.05) is 29.8 Å². The van der Waals surface area contributed by atoms with Crippen LogP contribution in [0.25, 0.3) is 22.2 Å². The molecule has 2 aromatic carbocycles. The van der Waals surface area contributed by atoms with E-state index in [1.807, 2.05) is 49.4 Å². The molecule has 0 fully saturated rings. The van der Waals surface area contributed by atoms with Gasteiger partial charge in [0.1, 0.15) is 5.75 Å². The topological polar surface area (TPSA) is 79.9 Å². The second kappa shape index (κ2) is 7.70. The van der Waals surface area contributed by atoms with E-state index in [0.29, 0.717) is 34.2 Å². The number of hydrogen-bond donors (Lipinski definition) is 2. The van der Waals surface area contributed by atoms with E-state index < -0.39 is 0 Å². The minimum Gasteiger partial charge on any atom is -0.494 e. The van der Waals surface area contributed by atoms with Crippen LogP contribution >= 0.6 is 11.6 Å². The molecule has 4 aromatic rings. The van der Waals surface area contributed by atoms with Crippen LogP contribution in [-0.2, 0) is 0 Å². The van der Waals surface area contributed by atoms with Crippen molar-refractivity contribution in [1.82, 2.24) is 15.0 Å². The number of pyridine rings is 1. The number of nitrogens with one attached hydrogen (secondary N) is 2. The van der Waals surface area contributed by atoms with Crippen LogP contribution < -0.4 is 15.6 Å². The van der Waals surface area contributed by atoms with Gasteiger partial charge in [0.25, 0.3) is 5.56 Å². The van der Waals surface area contributed by atoms with Crippen LogP contribution in [0.3, 0.4) is 0 Å². The largest absolute Gasteiger partial charge is 0.494 e. The van der Waals surface area contributed by atoms with Gasteiger partial charge in [0.15, 0.2) is 5.65 Å². The predicted molar refractivity (Wildman–Crippen MR) is 111 cm³/mol. The molecule has 4 rings (SSSR count). The fourth-order valence-electron chi connectivity index (χ4n) is 2.96. The first-order valence-corrected chi connectivity index (χ1v) is 9.17. The second-order valence-electron chi connectivity index (χ2n) is 6.03. The van der Waals surface area contributed by atoms with Crippen LogP contribution in [0.15, 0.2) is 65.6 Å². The summed E-state index contributed by atoms with van der Waals surface area (Å²) in [6.07, 6.45) is 1.62. The van der Waals surface area contributed by atoms with Crippen molar-refractivity contribution in [3.8, 4) is 16.9 Å². The minimum atomic E-state index is -0.290. The highest BCUT2D eigenvalue weighted by Gasteiger charge is 2.13. The maximum atomic E-state index is 12.8. The van der Waals surface area contributed by atoms with Crippen molar-refractivity contribution in [2.45, 2.75) is 6.92 Å². The summed E-state index contributed by atoms with van der Waals surface area (Å²) in [6.45, 7) is 2.53. The summed E-state index contributed by atoms with van der Waals surface area (Å²) < 4.78 is 5.43. The van der Waals surface area contributed by atoms with Gasteiger partial charge in [0.2, 0.25) is 5.95 Å². The number of benzene rings is 2. The van der Waals surface area contributed by atoms with Crippen molar-refractivity contribution in [3.05, 3.63) is 76.2 Å². The number of halogens is 1. The molecule has 0 atom stereocenters. The molecule has 0 aliphatic heterocycles. The molecule has 6 nitrogen and oxygen atoms in total. The van der Waals surface area contributed by atoms with Gasteiger partial charge in [-0.3, -0.25) is 9.78 Å². The van der Waals surface area contributed by atoms with Crippen LogP contribution in [0.2, 0.25) is 5.02 Å². The van der Waals surface area contributed by atoms with E-state index in [1.54, 1.807) is 18.3 Å². The van der Waals surface area contributed by atoms with E-state index >= 15 is 0 Å². The Morgan fingerprint density at radius 2 is 1.86 bits per heavy atom. The highest BCUT2D eigenvalue weighted by Crippen LogP contribution is 2.30. The summed E-state index contributed by atoms with van der Waals surface area (Å²) in [6, 6.07) is 16.5. The number of rotatable bonds is 5. The molecule has 0 saturated heterocycles. The van der Waals surface area contributed by atoms with Gasteiger partial charge in [0.05, 0.1) is 12.0 Å². The Labute approximate surface area is 166 Å². The molecule has 2 aromatic heterocycles. The molecule has 2 N–H and O–H groups in total. The third-order valence-corrected chi connectivity index (χ3v) is 4.53. The Morgan fingerprint density at radius 1 is 1.07 bits per heavy atom. The average molecular weight is 393 g/mol. The molecule has 0 unspecified atom stereocenters. The van der Waals surface area contributed by atoms with Gasteiger partial charge < -0.3 is 10.1 Å². The predicted octanol–water partition coefficient (Wildman–Crippen LogP) is 4.78. The lowest BCUT2D eigenvalue weighted by Crippen LogP contribution is -2.13. The molecule has 0 aliphatic carbocycles. The van der Waals surface area contributed by atoms with Crippen LogP contribution in [0.4, 0.5) is 11.6 Å². The molecule has 7 heteroatoms. The number of H-pyrrole nitrogens is 1. The summed E-state index contributed by atoms with van der Waals surface area (Å²) >= 11 is 6.31. The summed E-state index contributed by atoms with van der Waals surface area (Å²) in [5, 5.41) is 4.05. The summed E-state index contributed by atoms with van der Waals surface area (Å²) in [4.78, 5) is 24.3. The quantitative estimate of drug-likeness (QED) is 0.511. The van der Waals surface area contributed by atoms with Crippen molar-refractivity contribution < 1.29 is 4.74 Å². The van der Waals surface area contributed by atoms with Crippen molar-refractivity contribution >= 4 is 34.3 Å². The van der Waals surface area contributed by atoms with Crippen molar-refractivity contribution in [1.29, 1.82) is 0 Å². The zero-order chi connectivity index (χ0) is 19.5. The Kier molecular flexibility index (Phi) is 4.95. The van der Waals surface area contributed by atoms with Crippen molar-refractivity contribution in [2.24, 2.45) is 0 Å². The molecule has 2 heterocycles. The van der Waals surface area contributed by atoms with Gasteiger partial charge in [-0.25, -0.2) is 4.98 Å².